The Balaban J connectivity index is 1.58. The smallest absolute Gasteiger partial charge is 0.331 e. The Morgan fingerprint density at radius 2 is 2.23 bits per heavy atom. The summed E-state index contributed by atoms with van der Waals surface area (Å²) in [6.07, 6.45) is 3.69. The van der Waals surface area contributed by atoms with Crippen molar-refractivity contribution in [1.29, 1.82) is 0 Å². The fraction of sp³-hybridized carbons (Fsp3) is 0.188. The monoisotopic (exact) mass is 314 g/mol. The van der Waals surface area contributed by atoms with Gasteiger partial charge in [0.1, 0.15) is 12.1 Å². The topological polar surface area (TPSA) is 65.2 Å². The van der Waals surface area contributed by atoms with E-state index >= 15 is 0 Å². The number of nitrogens with zero attached hydrogens (tertiary/aromatic N) is 2. The third-order valence-corrected chi connectivity index (χ3v) is 3.98. The van der Waals surface area contributed by atoms with Crippen LogP contribution >= 0.6 is 11.3 Å². The summed E-state index contributed by atoms with van der Waals surface area (Å²) < 4.78 is 10.6. The summed E-state index contributed by atoms with van der Waals surface area (Å²) in [5, 5.41) is 2.93. The molecular formula is C16H14N2O3S. The second-order valence-electron chi connectivity index (χ2n) is 4.55. The molecule has 0 amide bonds. The van der Waals surface area contributed by atoms with Crippen LogP contribution in [0.4, 0.5) is 0 Å². The molecule has 0 aliphatic heterocycles. The second-order valence-corrected chi connectivity index (χ2v) is 5.49. The first-order valence-electron chi connectivity index (χ1n) is 6.88. The fourth-order valence-electron chi connectivity index (χ4n) is 1.87. The molecule has 0 fully saturated rings. The van der Waals surface area contributed by atoms with E-state index in [2.05, 4.69) is 9.97 Å². The first kappa shape index (κ1) is 14.5. The van der Waals surface area contributed by atoms with Gasteiger partial charge in [-0.3, -0.25) is 0 Å². The molecule has 0 N–H and O–H groups in total. The van der Waals surface area contributed by atoms with Gasteiger partial charge in [-0.25, -0.2) is 14.8 Å². The van der Waals surface area contributed by atoms with E-state index in [0.717, 1.165) is 22.6 Å². The molecule has 0 bridgehead atoms. The van der Waals surface area contributed by atoms with Gasteiger partial charge >= 0.3 is 5.97 Å². The third kappa shape index (κ3) is 3.40. The van der Waals surface area contributed by atoms with Gasteiger partial charge in [-0.15, -0.1) is 11.3 Å². The van der Waals surface area contributed by atoms with Gasteiger partial charge in [0.25, 0.3) is 0 Å². The Morgan fingerprint density at radius 1 is 1.36 bits per heavy atom. The van der Waals surface area contributed by atoms with Crippen LogP contribution in [0.15, 0.2) is 40.1 Å². The lowest BCUT2D eigenvalue weighted by molar-refractivity contribution is -0.139. The van der Waals surface area contributed by atoms with Crippen LogP contribution in [0.3, 0.4) is 0 Å². The van der Waals surface area contributed by atoms with E-state index in [4.69, 9.17) is 9.15 Å². The maximum Gasteiger partial charge on any atom is 0.331 e. The molecule has 6 heteroatoms. The summed E-state index contributed by atoms with van der Waals surface area (Å²) in [6, 6.07) is 7.42. The number of ether oxygens (including phenoxy) is 1. The SMILES string of the molecule is CCc1nc(COC(=O)/C=C/c2nc3ccccc3o2)cs1. The van der Waals surface area contributed by atoms with Gasteiger partial charge in [0.15, 0.2) is 5.58 Å². The van der Waals surface area contributed by atoms with Crippen molar-refractivity contribution < 1.29 is 13.9 Å². The standard InChI is InChI=1S/C16H14N2O3S/c1-2-15-17-11(10-22-15)9-20-16(19)8-7-14-18-12-5-3-4-6-13(12)21-14/h3-8,10H,2,9H2,1H3/b8-7+. The highest BCUT2D eigenvalue weighted by Crippen LogP contribution is 2.15. The van der Waals surface area contributed by atoms with E-state index in [9.17, 15) is 4.79 Å². The molecule has 0 radical (unpaired) electrons. The first-order chi connectivity index (χ1) is 10.7. The average molecular weight is 314 g/mol. The van der Waals surface area contributed by atoms with Gasteiger partial charge < -0.3 is 9.15 Å². The van der Waals surface area contributed by atoms with E-state index < -0.39 is 5.97 Å². The van der Waals surface area contributed by atoms with Gasteiger partial charge in [0.2, 0.25) is 5.89 Å². The fourth-order valence-corrected chi connectivity index (χ4v) is 2.60. The van der Waals surface area contributed by atoms with Gasteiger partial charge in [0.05, 0.1) is 10.7 Å². The number of carbonyl (C=O) groups excluding carboxylic acids is 1. The van der Waals surface area contributed by atoms with E-state index in [-0.39, 0.29) is 6.61 Å². The van der Waals surface area contributed by atoms with Crippen LogP contribution in [-0.4, -0.2) is 15.9 Å². The Hall–Kier alpha value is -2.47. The molecule has 0 aliphatic carbocycles. The van der Waals surface area contributed by atoms with Gasteiger partial charge in [0, 0.05) is 17.5 Å². The minimum Gasteiger partial charge on any atom is -0.456 e. The number of aryl methyl sites for hydroxylation is 1. The zero-order chi connectivity index (χ0) is 15.4. The number of hydrogen-bond acceptors (Lipinski definition) is 6. The van der Waals surface area contributed by atoms with Crippen molar-refractivity contribution in [3.05, 3.63) is 52.3 Å². The highest BCUT2D eigenvalue weighted by Gasteiger charge is 2.05. The Morgan fingerprint density at radius 3 is 3.00 bits per heavy atom. The summed E-state index contributed by atoms with van der Waals surface area (Å²) in [5.41, 5.74) is 2.21. The summed E-state index contributed by atoms with van der Waals surface area (Å²) in [5.74, 6) is -0.0756. The van der Waals surface area contributed by atoms with Crippen molar-refractivity contribution in [2.24, 2.45) is 0 Å². The van der Waals surface area contributed by atoms with Crippen molar-refractivity contribution in [2.45, 2.75) is 20.0 Å². The van der Waals surface area contributed by atoms with Crippen LogP contribution in [0.5, 0.6) is 0 Å². The van der Waals surface area contributed by atoms with Crippen LogP contribution in [0.25, 0.3) is 17.2 Å². The molecule has 0 atom stereocenters. The number of aromatic nitrogens is 2. The van der Waals surface area contributed by atoms with Gasteiger partial charge in [-0.1, -0.05) is 19.1 Å². The zero-order valence-corrected chi connectivity index (χ0v) is 12.8. The number of benzene rings is 1. The molecule has 5 nitrogen and oxygen atoms in total. The first-order valence-corrected chi connectivity index (χ1v) is 7.76. The molecule has 0 saturated heterocycles. The molecule has 2 heterocycles. The number of carbonyl (C=O) groups is 1. The zero-order valence-electron chi connectivity index (χ0n) is 12.0. The molecule has 112 valence electrons. The largest absolute Gasteiger partial charge is 0.456 e. The van der Waals surface area contributed by atoms with Crippen LogP contribution in [0.2, 0.25) is 0 Å². The molecule has 3 rings (SSSR count). The van der Waals surface area contributed by atoms with Crippen molar-refractivity contribution in [2.75, 3.05) is 0 Å². The maximum absolute atomic E-state index is 11.7. The molecule has 0 saturated carbocycles. The van der Waals surface area contributed by atoms with E-state index in [0.29, 0.717) is 11.5 Å². The van der Waals surface area contributed by atoms with E-state index in [1.807, 2.05) is 36.6 Å². The lowest BCUT2D eigenvalue weighted by atomic mass is 10.3. The predicted molar refractivity (Wildman–Crippen MR) is 84.3 cm³/mol. The second kappa shape index (κ2) is 6.53. The highest BCUT2D eigenvalue weighted by atomic mass is 32.1. The summed E-state index contributed by atoms with van der Waals surface area (Å²) in [4.78, 5) is 20.3. The van der Waals surface area contributed by atoms with Gasteiger partial charge in [-0.05, 0) is 18.6 Å². The number of thiazole rings is 1. The molecule has 0 spiro atoms. The van der Waals surface area contributed by atoms with E-state index in [1.54, 1.807) is 11.3 Å². The third-order valence-electron chi connectivity index (χ3n) is 2.94. The molecule has 2 aromatic heterocycles. The molecule has 22 heavy (non-hydrogen) atoms. The van der Waals surface area contributed by atoms with Crippen molar-refractivity contribution in [3.8, 4) is 0 Å². The number of rotatable bonds is 5. The molecule has 1 aromatic carbocycles. The summed E-state index contributed by atoms with van der Waals surface area (Å²) >= 11 is 1.57. The Labute approximate surface area is 131 Å². The number of esters is 1. The number of para-hydroxylation sites is 2. The van der Waals surface area contributed by atoms with Crippen LogP contribution in [0.1, 0.15) is 23.5 Å². The molecule has 3 aromatic rings. The van der Waals surface area contributed by atoms with Crippen LogP contribution in [0, 0.1) is 0 Å². The highest BCUT2D eigenvalue weighted by molar-refractivity contribution is 7.09. The number of fused-ring (bicyclic) bond motifs is 1. The predicted octanol–water partition coefficient (Wildman–Crippen LogP) is 3.60. The molecular weight excluding hydrogens is 300 g/mol. The van der Waals surface area contributed by atoms with Crippen molar-refractivity contribution >= 4 is 34.5 Å². The lowest BCUT2D eigenvalue weighted by Gasteiger charge is -1.97. The van der Waals surface area contributed by atoms with Crippen molar-refractivity contribution in [1.82, 2.24) is 9.97 Å². The Kier molecular flexibility index (Phi) is 4.29. The quantitative estimate of drug-likeness (QED) is 0.532. The molecule has 0 unspecified atom stereocenters. The minimum atomic E-state index is -0.451. The van der Waals surface area contributed by atoms with Crippen molar-refractivity contribution in [3.63, 3.8) is 0 Å². The minimum absolute atomic E-state index is 0.174. The number of hydrogen-bond donors (Lipinski definition) is 0. The van der Waals surface area contributed by atoms with E-state index in [1.165, 1.54) is 12.2 Å². The normalized spacial score (nSPS) is 11.3. The van der Waals surface area contributed by atoms with Crippen LogP contribution < -0.4 is 0 Å². The average Bonchev–Trinajstić information content (AvgIpc) is 3.16. The summed E-state index contributed by atoms with van der Waals surface area (Å²) in [6.45, 7) is 2.21. The summed E-state index contributed by atoms with van der Waals surface area (Å²) in [7, 11) is 0. The van der Waals surface area contributed by atoms with Crippen LogP contribution in [-0.2, 0) is 22.6 Å². The van der Waals surface area contributed by atoms with Gasteiger partial charge in [-0.2, -0.15) is 0 Å². The Bertz CT molecular complexity index is 787. The lowest BCUT2D eigenvalue weighted by Crippen LogP contribution is -2.01. The maximum atomic E-state index is 11.7. The number of oxazole rings is 1. The molecule has 0 aliphatic rings.